The topological polar surface area (TPSA) is 6.02 Å². The molecule has 2 nitrogen and oxygen atoms in total. The molecule has 0 N–H and O–H groups in total. The summed E-state index contributed by atoms with van der Waals surface area (Å²) in [5.41, 5.74) is 0. The fraction of sp³-hybridized carbons (Fsp3) is 1.00. The molecule has 0 radical (unpaired) electrons. The molecule has 0 aromatic carbocycles. The van der Waals surface area contributed by atoms with Crippen LogP contribution in [-0.4, -0.2) is 29.8 Å². The zero-order chi connectivity index (χ0) is 5.40. The van der Waals surface area contributed by atoms with Crippen molar-refractivity contribution in [3.63, 3.8) is 0 Å². The Morgan fingerprint density at radius 3 is 2.00 bits per heavy atom. The highest BCUT2D eigenvalue weighted by Gasteiger charge is 2.30. The zero-order valence-corrected chi connectivity index (χ0v) is 5.14. The Hall–Kier alpha value is -0.0800. The van der Waals surface area contributed by atoms with Crippen LogP contribution in [0.25, 0.3) is 0 Å². The third-order valence-electron chi connectivity index (χ3n) is 1.97. The van der Waals surface area contributed by atoms with Crippen LogP contribution in [0.1, 0.15) is 19.3 Å². The van der Waals surface area contributed by atoms with Crippen LogP contribution in [0.15, 0.2) is 0 Å². The first-order valence-electron chi connectivity index (χ1n) is 3.46. The van der Waals surface area contributed by atoms with Crippen molar-refractivity contribution in [1.29, 1.82) is 0 Å². The summed E-state index contributed by atoms with van der Waals surface area (Å²) in [6.45, 7) is 3.89. The third kappa shape index (κ3) is 0.740. The highest BCUT2D eigenvalue weighted by molar-refractivity contribution is 4.71. The maximum absolute atomic E-state index is 2.42. The molecule has 2 unspecified atom stereocenters. The van der Waals surface area contributed by atoms with Gasteiger partial charge in [0.25, 0.3) is 0 Å². The molecule has 8 heavy (non-hydrogen) atoms. The predicted molar refractivity (Wildman–Crippen MR) is 32.1 cm³/mol. The van der Waals surface area contributed by atoms with Crippen LogP contribution in [0.2, 0.25) is 0 Å². The summed E-state index contributed by atoms with van der Waals surface area (Å²) in [5.74, 6) is 0. The maximum atomic E-state index is 2.42. The molecule has 2 aliphatic heterocycles. The van der Waals surface area contributed by atoms with Gasteiger partial charge in [-0.25, -0.2) is 10.0 Å². The highest BCUT2D eigenvalue weighted by Crippen LogP contribution is 2.20. The van der Waals surface area contributed by atoms with Gasteiger partial charge in [-0.2, -0.15) is 0 Å². The van der Waals surface area contributed by atoms with Crippen molar-refractivity contribution in [3.8, 4) is 0 Å². The molecule has 46 valence electrons. The molecule has 0 aromatic rings. The summed E-state index contributed by atoms with van der Waals surface area (Å²) < 4.78 is 0. The van der Waals surface area contributed by atoms with Gasteiger partial charge in [-0.3, -0.25) is 0 Å². The minimum atomic E-state index is 1.25. The van der Waals surface area contributed by atoms with Crippen molar-refractivity contribution in [3.05, 3.63) is 0 Å². The van der Waals surface area contributed by atoms with Crippen LogP contribution in [0, 0.1) is 0 Å². The van der Waals surface area contributed by atoms with Crippen LogP contribution in [0.5, 0.6) is 0 Å². The van der Waals surface area contributed by atoms with E-state index in [1.807, 2.05) is 0 Å². The van der Waals surface area contributed by atoms with E-state index < -0.39 is 0 Å². The second-order valence-electron chi connectivity index (χ2n) is 2.66. The van der Waals surface area contributed by atoms with E-state index in [0.717, 1.165) is 0 Å². The second kappa shape index (κ2) is 1.71. The summed E-state index contributed by atoms with van der Waals surface area (Å²) in [7, 11) is 0. The van der Waals surface area contributed by atoms with E-state index in [1.165, 1.54) is 39.0 Å². The molecular weight excluding hydrogens is 100 g/mol. The van der Waals surface area contributed by atoms with Crippen molar-refractivity contribution >= 4 is 0 Å². The number of hydrogen-bond donors (Lipinski definition) is 0. The fourth-order valence-electron chi connectivity index (χ4n) is 1.35. The third-order valence-corrected chi connectivity index (χ3v) is 1.97. The van der Waals surface area contributed by atoms with E-state index in [4.69, 9.17) is 0 Å². The quantitative estimate of drug-likeness (QED) is 0.424. The largest absolute Gasteiger partial charge is 0.225 e. The molecular formula is C6H12N2. The molecule has 0 saturated carbocycles. The number of hydrogen-bond acceptors (Lipinski definition) is 2. The van der Waals surface area contributed by atoms with Crippen molar-refractivity contribution in [2.24, 2.45) is 0 Å². The lowest BCUT2D eigenvalue weighted by atomic mass is 10.2. The van der Waals surface area contributed by atoms with Crippen molar-refractivity contribution in [1.82, 2.24) is 10.0 Å². The van der Waals surface area contributed by atoms with E-state index in [-0.39, 0.29) is 0 Å². The van der Waals surface area contributed by atoms with Crippen LogP contribution in [0.4, 0.5) is 0 Å². The van der Waals surface area contributed by atoms with Gasteiger partial charge in [0.2, 0.25) is 0 Å². The van der Waals surface area contributed by atoms with E-state index >= 15 is 0 Å². The van der Waals surface area contributed by atoms with E-state index in [0.29, 0.717) is 0 Å². The Balaban J connectivity index is 1.89. The monoisotopic (exact) mass is 112 g/mol. The molecule has 2 heterocycles. The molecule has 0 amide bonds. The van der Waals surface area contributed by atoms with E-state index in [9.17, 15) is 0 Å². The smallest absolute Gasteiger partial charge is 0.0787 e. The van der Waals surface area contributed by atoms with Crippen molar-refractivity contribution in [2.75, 3.05) is 19.8 Å². The first-order chi connectivity index (χ1) is 3.97. The van der Waals surface area contributed by atoms with E-state index in [2.05, 4.69) is 10.0 Å². The first-order valence-corrected chi connectivity index (χ1v) is 3.46. The minimum Gasteiger partial charge on any atom is -0.225 e. The van der Waals surface area contributed by atoms with Crippen LogP contribution in [0.3, 0.4) is 0 Å². The maximum Gasteiger partial charge on any atom is 0.0787 e. The average molecular weight is 112 g/mol. The number of fused-ring (bicyclic) bond motifs is 1. The highest BCUT2D eigenvalue weighted by atomic mass is 15.8. The molecule has 2 aliphatic rings. The van der Waals surface area contributed by atoms with Gasteiger partial charge in [-0.05, 0) is 12.8 Å². The molecule has 2 fully saturated rings. The average Bonchev–Trinajstić information content (AvgIpc) is 2.36. The molecule has 0 aromatic heterocycles. The van der Waals surface area contributed by atoms with Crippen molar-refractivity contribution in [2.45, 2.75) is 19.3 Å². The Bertz CT molecular complexity index is 82.5. The van der Waals surface area contributed by atoms with Gasteiger partial charge in [0.1, 0.15) is 0 Å². The van der Waals surface area contributed by atoms with Crippen molar-refractivity contribution < 1.29 is 0 Å². The van der Waals surface area contributed by atoms with Crippen LogP contribution in [-0.2, 0) is 0 Å². The number of hydrazine groups is 1. The van der Waals surface area contributed by atoms with Gasteiger partial charge >= 0.3 is 0 Å². The Morgan fingerprint density at radius 1 is 0.750 bits per heavy atom. The normalized spacial score (nSPS) is 45.0. The number of rotatable bonds is 0. The summed E-state index contributed by atoms with van der Waals surface area (Å²) in [4.78, 5) is 0. The lowest BCUT2D eigenvalue weighted by Crippen LogP contribution is -2.04. The molecule has 2 saturated heterocycles. The summed E-state index contributed by atoms with van der Waals surface area (Å²) in [6, 6.07) is 0. The van der Waals surface area contributed by atoms with Gasteiger partial charge in [-0.1, -0.05) is 6.42 Å². The fourth-order valence-corrected chi connectivity index (χ4v) is 1.35. The summed E-state index contributed by atoms with van der Waals surface area (Å²) in [6.07, 6.45) is 4.26. The predicted octanol–water partition coefficient (Wildman–Crippen LogP) is 0.660. The van der Waals surface area contributed by atoms with Crippen LogP contribution < -0.4 is 0 Å². The summed E-state index contributed by atoms with van der Waals surface area (Å²) >= 11 is 0. The molecule has 2 heteroatoms. The number of nitrogens with zero attached hydrogens (tertiary/aromatic N) is 2. The van der Waals surface area contributed by atoms with Gasteiger partial charge in [0.15, 0.2) is 0 Å². The Labute approximate surface area is 50.0 Å². The molecule has 0 aliphatic carbocycles. The molecule has 2 rings (SSSR count). The Morgan fingerprint density at radius 2 is 1.38 bits per heavy atom. The second-order valence-corrected chi connectivity index (χ2v) is 2.66. The van der Waals surface area contributed by atoms with Gasteiger partial charge in [0.05, 0.1) is 6.67 Å². The van der Waals surface area contributed by atoms with Gasteiger partial charge in [-0.15, -0.1) is 0 Å². The zero-order valence-electron chi connectivity index (χ0n) is 5.14. The standard InChI is InChI=1S/C6H12N2/c1-2-4-7-6-8(7)5-3-1/h1-6H2. The minimum absolute atomic E-state index is 1.25. The Kier molecular flexibility index (Phi) is 1.02. The molecule has 0 spiro atoms. The SMILES string of the molecule is C1CCN2CN2CC1. The molecule has 0 bridgehead atoms. The molecule has 2 atom stereocenters. The lowest BCUT2D eigenvalue weighted by molar-refractivity contribution is 0.330. The van der Waals surface area contributed by atoms with E-state index in [1.54, 1.807) is 0 Å². The van der Waals surface area contributed by atoms with Gasteiger partial charge < -0.3 is 0 Å². The first kappa shape index (κ1) is 4.77. The van der Waals surface area contributed by atoms with Crippen LogP contribution >= 0.6 is 0 Å². The van der Waals surface area contributed by atoms with Gasteiger partial charge in [0, 0.05) is 13.1 Å². The summed E-state index contributed by atoms with van der Waals surface area (Å²) in [5, 5.41) is 4.85. The lowest BCUT2D eigenvalue weighted by Gasteiger charge is -1.93.